The smallest absolute Gasteiger partial charge is 0.137 e. The molecule has 0 fully saturated rings. The molecule has 360 valence electrons. The van der Waals surface area contributed by atoms with Crippen LogP contribution in [-0.4, -0.2) is 16.2 Å². The van der Waals surface area contributed by atoms with Gasteiger partial charge >= 0.3 is 0 Å². The van der Waals surface area contributed by atoms with Crippen LogP contribution in [0.1, 0.15) is 129 Å². The van der Waals surface area contributed by atoms with Gasteiger partial charge in [-0.2, -0.15) is 0 Å². The summed E-state index contributed by atoms with van der Waals surface area (Å²) >= 11 is 0. The van der Waals surface area contributed by atoms with Crippen molar-refractivity contribution in [3.63, 3.8) is 0 Å². The summed E-state index contributed by atoms with van der Waals surface area (Å²) in [6, 6.07) is 60.3. The Morgan fingerprint density at radius 1 is 0.465 bits per heavy atom. The van der Waals surface area contributed by atoms with Crippen molar-refractivity contribution in [1.29, 1.82) is 0 Å². The van der Waals surface area contributed by atoms with Gasteiger partial charge in [-0.3, -0.25) is 4.57 Å². The molecular formula is C66H70N4O. The van der Waals surface area contributed by atoms with E-state index >= 15 is 0 Å². The van der Waals surface area contributed by atoms with Gasteiger partial charge in [-0.1, -0.05) is 175 Å². The van der Waals surface area contributed by atoms with Gasteiger partial charge in [0.25, 0.3) is 0 Å². The van der Waals surface area contributed by atoms with Gasteiger partial charge in [0.05, 0.1) is 22.4 Å². The monoisotopic (exact) mass is 935 g/mol. The molecule has 71 heavy (non-hydrogen) atoms. The Kier molecular flexibility index (Phi) is 11.8. The van der Waals surface area contributed by atoms with Crippen LogP contribution in [0.5, 0.6) is 11.5 Å². The normalized spacial score (nSPS) is 13.4. The molecule has 0 atom stereocenters. The highest BCUT2D eigenvalue weighted by atomic mass is 16.5. The highest BCUT2D eigenvalue weighted by Gasteiger charge is 2.33. The number of aromatic nitrogens is 2. The Hall–Kier alpha value is -7.11. The average molecular weight is 935 g/mol. The highest BCUT2D eigenvalue weighted by molar-refractivity contribution is 6.09. The molecule has 10 rings (SSSR count). The van der Waals surface area contributed by atoms with Crippen LogP contribution >= 0.6 is 0 Å². The lowest BCUT2D eigenvalue weighted by Crippen LogP contribution is -2.25. The van der Waals surface area contributed by atoms with Crippen molar-refractivity contribution in [1.82, 2.24) is 9.55 Å². The third-order valence-electron chi connectivity index (χ3n) is 14.8. The first-order valence-corrected chi connectivity index (χ1v) is 25.5. The summed E-state index contributed by atoms with van der Waals surface area (Å²) in [5.74, 6) is 2.74. The number of fused-ring (bicyclic) bond motifs is 4. The number of hydrogen-bond acceptors (Lipinski definition) is 4. The van der Waals surface area contributed by atoms with Gasteiger partial charge in [0.15, 0.2) is 0 Å². The van der Waals surface area contributed by atoms with Gasteiger partial charge in [0, 0.05) is 45.9 Å². The van der Waals surface area contributed by atoms with E-state index in [2.05, 4.69) is 268 Å². The molecule has 0 radical (unpaired) electrons. The molecule has 0 spiro atoms. The first-order chi connectivity index (χ1) is 33.6. The van der Waals surface area contributed by atoms with Crippen LogP contribution in [0.2, 0.25) is 0 Å². The van der Waals surface area contributed by atoms with Crippen LogP contribution < -0.4 is 14.5 Å². The van der Waals surface area contributed by atoms with Gasteiger partial charge in [-0.25, -0.2) is 4.98 Å². The average Bonchev–Trinajstić information content (AvgIpc) is 3.89. The number of nitrogens with zero attached hydrogens (tertiary/aromatic N) is 4. The molecule has 0 unspecified atom stereocenters. The number of pyridine rings is 1. The van der Waals surface area contributed by atoms with E-state index < -0.39 is 0 Å². The predicted octanol–water partition coefficient (Wildman–Crippen LogP) is 18.2. The molecule has 3 heterocycles. The Morgan fingerprint density at radius 3 is 1.80 bits per heavy atom. The maximum absolute atomic E-state index is 7.18. The number of benzene rings is 7. The lowest BCUT2D eigenvalue weighted by atomic mass is 9.78. The van der Waals surface area contributed by atoms with E-state index in [1.54, 1.807) is 0 Å². The van der Waals surface area contributed by atoms with Crippen molar-refractivity contribution in [2.24, 2.45) is 0 Å². The summed E-state index contributed by atoms with van der Waals surface area (Å²) in [4.78, 5) is 10.0. The zero-order valence-electron chi connectivity index (χ0n) is 44.1. The SMILES string of the molecule is CC(C)c1ccccc1-c1cc(Oc2ccc3c4ccccc4n(-c4cc(C(C)(C)c5ccccc5)ccn4)c3c2)cc(N2CN(c3cc(C(C)(C)C)cc(C(C)(C)C)c3)c3ccc(C(C)(C)C)cc32)c1. The molecule has 0 aliphatic carbocycles. The number of rotatable bonds is 9. The molecule has 0 amide bonds. The molecule has 5 heteroatoms. The topological polar surface area (TPSA) is 33.5 Å². The fraction of sp³-hybridized carbons (Fsp3) is 0.288. The van der Waals surface area contributed by atoms with Crippen molar-refractivity contribution in [2.45, 2.75) is 118 Å². The minimum Gasteiger partial charge on any atom is -0.457 e. The van der Waals surface area contributed by atoms with Crippen molar-refractivity contribution in [3.8, 4) is 28.4 Å². The molecule has 7 aromatic carbocycles. The lowest BCUT2D eigenvalue weighted by Gasteiger charge is -2.29. The minimum absolute atomic E-state index is 0.0179. The number of para-hydroxylation sites is 1. The zero-order valence-corrected chi connectivity index (χ0v) is 44.1. The quantitative estimate of drug-likeness (QED) is 0.144. The standard InChI is InChI=1S/C66H70N4O/c1-43(2)54-23-17-18-24-55(54)44-33-50(69-42-68(59-30-27-46(38-61(59)69)63(3,4)5)51-36-48(64(6,7)8)35-49(37-51)65(9,10)11)40-53(34-44)71-52-28-29-57-56-25-19-20-26-58(56)70(60(57)41-52)62-39-47(31-32-67-62)66(12,13)45-21-15-14-16-22-45/h14-41,43H,42H2,1-13H3. The van der Waals surface area contributed by atoms with E-state index in [9.17, 15) is 0 Å². The zero-order chi connectivity index (χ0) is 50.2. The molecule has 0 bridgehead atoms. The van der Waals surface area contributed by atoms with Gasteiger partial charge in [0.1, 0.15) is 24.0 Å². The van der Waals surface area contributed by atoms with E-state index in [0.717, 1.165) is 45.0 Å². The van der Waals surface area contributed by atoms with Crippen LogP contribution in [0.15, 0.2) is 170 Å². The first-order valence-electron chi connectivity index (χ1n) is 25.5. The van der Waals surface area contributed by atoms with Gasteiger partial charge < -0.3 is 14.5 Å². The Morgan fingerprint density at radius 2 is 1.10 bits per heavy atom. The first kappa shape index (κ1) is 47.6. The van der Waals surface area contributed by atoms with Crippen LogP contribution in [0.25, 0.3) is 38.8 Å². The van der Waals surface area contributed by atoms with E-state index in [0.29, 0.717) is 12.6 Å². The third kappa shape index (κ3) is 9.01. The predicted molar refractivity (Wildman–Crippen MR) is 301 cm³/mol. The van der Waals surface area contributed by atoms with E-state index in [4.69, 9.17) is 9.72 Å². The summed E-state index contributed by atoms with van der Waals surface area (Å²) in [6.07, 6.45) is 1.95. The number of ether oxygens (including phenoxy) is 1. The Bertz CT molecular complexity index is 3410. The summed E-state index contributed by atoms with van der Waals surface area (Å²) in [6.45, 7) is 30.6. The largest absolute Gasteiger partial charge is 0.457 e. The van der Waals surface area contributed by atoms with E-state index in [-0.39, 0.29) is 21.7 Å². The van der Waals surface area contributed by atoms with Crippen molar-refractivity contribution in [2.75, 3.05) is 16.5 Å². The van der Waals surface area contributed by atoms with Crippen LogP contribution in [0.4, 0.5) is 22.7 Å². The fourth-order valence-corrected chi connectivity index (χ4v) is 10.4. The molecular weight excluding hydrogens is 865 g/mol. The molecule has 0 N–H and O–H groups in total. The Labute approximate surface area is 422 Å². The second-order valence-corrected chi connectivity index (χ2v) is 23.7. The van der Waals surface area contributed by atoms with Crippen molar-refractivity contribution in [3.05, 3.63) is 203 Å². The lowest BCUT2D eigenvalue weighted by molar-refractivity contribution is 0.483. The van der Waals surface area contributed by atoms with Crippen LogP contribution in [-0.2, 0) is 21.7 Å². The van der Waals surface area contributed by atoms with E-state index in [1.165, 1.54) is 61.4 Å². The van der Waals surface area contributed by atoms with Gasteiger partial charge in [-0.15, -0.1) is 0 Å². The summed E-state index contributed by atoms with van der Waals surface area (Å²) in [5, 5.41) is 2.32. The summed E-state index contributed by atoms with van der Waals surface area (Å²) in [5.41, 5.74) is 16.6. The fourth-order valence-electron chi connectivity index (χ4n) is 10.4. The second-order valence-electron chi connectivity index (χ2n) is 23.7. The highest BCUT2D eigenvalue weighted by Crippen LogP contribution is 2.49. The summed E-state index contributed by atoms with van der Waals surface area (Å²) < 4.78 is 9.48. The molecule has 1 aliphatic rings. The van der Waals surface area contributed by atoms with Crippen molar-refractivity contribution >= 4 is 44.6 Å². The van der Waals surface area contributed by atoms with Crippen molar-refractivity contribution < 1.29 is 4.74 Å². The van der Waals surface area contributed by atoms with Gasteiger partial charge in [0.2, 0.25) is 0 Å². The third-order valence-corrected chi connectivity index (χ3v) is 14.8. The Balaban J connectivity index is 1.13. The molecule has 0 saturated heterocycles. The van der Waals surface area contributed by atoms with Gasteiger partial charge in [-0.05, 0) is 133 Å². The molecule has 5 nitrogen and oxygen atoms in total. The number of anilines is 4. The van der Waals surface area contributed by atoms with E-state index in [1.807, 2.05) is 6.20 Å². The minimum atomic E-state index is -0.226. The maximum atomic E-state index is 7.18. The second kappa shape index (κ2) is 17.6. The maximum Gasteiger partial charge on any atom is 0.137 e. The molecule has 0 saturated carbocycles. The van der Waals surface area contributed by atoms with Crippen LogP contribution in [0, 0.1) is 0 Å². The molecule has 9 aromatic rings. The molecule has 2 aromatic heterocycles. The molecule has 1 aliphatic heterocycles. The van der Waals surface area contributed by atoms with Crippen LogP contribution in [0.3, 0.4) is 0 Å². The summed E-state index contributed by atoms with van der Waals surface area (Å²) in [7, 11) is 0. The number of hydrogen-bond donors (Lipinski definition) is 0.